The molecule has 126 valence electrons. The van der Waals surface area contributed by atoms with Crippen LogP contribution in [0.25, 0.3) is 0 Å². The van der Waals surface area contributed by atoms with Crippen LogP contribution >= 0.6 is 12.4 Å². The van der Waals surface area contributed by atoms with Gasteiger partial charge in [-0.2, -0.15) is 0 Å². The van der Waals surface area contributed by atoms with E-state index in [2.05, 4.69) is 14.8 Å². The molecular formula is C13H21ClN2O5S. The van der Waals surface area contributed by atoms with Crippen molar-refractivity contribution in [2.24, 2.45) is 5.92 Å². The highest BCUT2D eigenvalue weighted by Crippen LogP contribution is 2.20. The number of aryl methyl sites for hydroxylation is 1. The van der Waals surface area contributed by atoms with Crippen molar-refractivity contribution in [1.82, 2.24) is 10.0 Å². The fourth-order valence-electron chi connectivity index (χ4n) is 2.37. The van der Waals surface area contributed by atoms with Crippen LogP contribution < -0.4 is 10.0 Å². The molecule has 2 heterocycles. The molecule has 0 radical (unpaired) electrons. The van der Waals surface area contributed by atoms with E-state index in [1.54, 1.807) is 0 Å². The van der Waals surface area contributed by atoms with Crippen LogP contribution in [0, 0.1) is 12.8 Å². The summed E-state index contributed by atoms with van der Waals surface area (Å²) in [5.74, 6) is -0.138. The molecule has 2 N–H and O–H groups in total. The zero-order valence-corrected chi connectivity index (χ0v) is 14.2. The van der Waals surface area contributed by atoms with E-state index in [1.165, 1.54) is 20.1 Å². The predicted octanol–water partition coefficient (Wildman–Crippen LogP) is 1.07. The van der Waals surface area contributed by atoms with Crippen molar-refractivity contribution in [2.45, 2.75) is 24.7 Å². The van der Waals surface area contributed by atoms with Crippen molar-refractivity contribution in [3.8, 4) is 0 Å². The molecule has 1 aliphatic heterocycles. The van der Waals surface area contributed by atoms with E-state index >= 15 is 0 Å². The fraction of sp³-hybridized carbons (Fsp3) is 0.615. The molecule has 22 heavy (non-hydrogen) atoms. The first-order chi connectivity index (χ1) is 9.94. The van der Waals surface area contributed by atoms with Gasteiger partial charge in [0.05, 0.1) is 7.11 Å². The van der Waals surface area contributed by atoms with Gasteiger partial charge in [-0.25, -0.2) is 17.9 Å². The summed E-state index contributed by atoms with van der Waals surface area (Å²) in [6.45, 7) is 3.79. The SMILES string of the molecule is COC(=O)c1cc(S(=O)(=O)NCCC2CCNC2)c(C)o1.Cl. The fourth-order valence-corrected chi connectivity index (χ4v) is 3.59. The third-order valence-electron chi connectivity index (χ3n) is 3.56. The summed E-state index contributed by atoms with van der Waals surface area (Å²) >= 11 is 0. The maximum absolute atomic E-state index is 12.2. The van der Waals surface area contributed by atoms with Crippen LogP contribution in [0.15, 0.2) is 15.4 Å². The van der Waals surface area contributed by atoms with E-state index in [-0.39, 0.29) is 28.8 Å². The molecule has 1 atom stereocenters. The van der Waals surface area contributed by atoms with Gasteiger partial charge in [-0.3, -0.25) is 0 Å². The number of rotatable bonds is 6. The smallest absolute Gasteiger partial charge is 0.373 e. The van der Waals surface area contributed by atoms with E-state index in [4.69, 9.17) is 4.42 Å². The number of hydrogen-bond acceptors (Lipinski definition) is 6. The van der Waals surface area contributed by atoms with Crippen LogP contribution in [0.2, 0.25) is 0 Å². The highest BCUT2D eigenvalue weighted by atomic mass is 35.5. The second-order valence-corrected chi connectivity index (χ2v) is 6.80. The number of halogens is 1. The Morgan fingerprint density at radius 2 is 2.27 bits per heavy atom. The molecule has 0 bridgehead atoms. The minimum absolute atomic E-state index is 0. The molecule has 1 aromatic rings. The molecule has 7 nitrogen and oxygen atoms in total. The van der Waals surface area contributed by atoms with Gasteiger partial charge in [-0.05, 0) is 38.8 Å². The molecule has 1 aromatic heterocycles. The van der Waals surface area contributed by atoms with E-state index < -0.39 is 16.0 Å². The molecular weight excluding hydrogens is 332 g/mol. The minimum atomic E-state index is -3.68. The lowest BCUT2D eigenvalue weighted by molar-refractivity contribution is 0.0563. The Labute approximate surface area is 136 Å². The van der Waals surface area contributed by atoms with Gasteiger partial charge in [0.1, 0.15) is 10.7 Å². The summed E-state index contributed by atoms with van der Waals surface area (Å²) in [5, 5.41) is 3.24. The molecule has 1 unspecified atom stereocenters. The number of carbonyl (C=O) groups is 1. The van der Waals surface area contributed by atoms with Crippen molar-refractivity contribution in [3.63, 3.8) is 0 Å². The topological polar surface area (TPSA) is 97.6 Å². The summed E-state index contributed by atoms with van der Waals surface area (Å²) in [5.41, 5.74) is 0. The highest BCUT2D eigenvalue weighted by molar-refractivity contribution is 7.89. The maximum Gasteiger partial charge on any atom is 0.373 e. The van der Waals surface area contributed by atoms with Crippen molar-refractivity contribution < 1.29 is 22.4 Å². The molecule has 9 heteroatoms. The number of furan rings is 1. The van der Waals surface area contributed by atoms with Gasteiger partial charge >= 0.3 is 5.97 Å². The minimum Gasteiger partial charge on any atom is -0.463 e. The van der Waals surface area contributed by atoms with Gasteiger partial charge in [0.2, 0.25) is 15.8 Å². The van der Waals surface area contributed by atoms with Crippen molar-refractivity contribution in [2.75, 3.05) is 26.7 Å². The van der Waals surface area contributed by atoms with Crippen LogP contribution in [0.1, 0.15) is 29.2 Å². The number of nitrogens with one attached hydrogen (secondary N) is 2. The Hall–Kier alpha value is -1.09. The highest BCUT2D eigenvalue weighted by Gasteiger charge is 2.24. The van der Waals surface area contributed by atoms with E-state index in [1.807, 2.05) is 0 Å². The van der Waals surface area contributed by atoms with Crippen molar-refractivity contribution in [1.29, 1.82) is 0 Å². The third-order valence-corrected chi connectivity index (χ3v) is 5.12. The standard InChI is InChI=1S/C13H20N2O5S.ClH/c1-9-12(7-11(20-9)13(16)19-2)21(17,18)15-6-4-10-3-5-14-8-10;/h7,10,14-15H,3-6,8H2,1-2H3;1H. The Balaban J connectivity index is 0.00000242. The molecule has 0 spiro atoms. The number of hydrogen-bond donors (Lipinski definition) is 2. The second kappa shape index (κ2) is 7.96. The predicted molar refractivity (Wildman–Crippen MR) is 82.8 cm³/mol. The quantitative estimate of drug-likeness (QED) is 0.743. The lowest BCUT2D eigenvalue weighted by Crippen LogP contribution is -2.26. The average molecular weight is 353 g/mol. The molecule has 2 rings (SSSR count). The summed E-state index contributed by atoms with van der Waals surface area (Å²) < 4.78 is 36.6. The normalized spacial score (nSPS) is 18.0. The number of methoxy groups -OCH3 is 1. The van der Waals surface area contributed by atoms with Gasteiger partial charge in [-0.15, -0.1) is 12.4 Å². The first-order valence-electron chi connectivity index (χ1n) is 6.83. The second-order valence-electron chi connectivity index (χ2n) is 5.07. The first kappa shape index (κ1) is 19.0. The molecule has 0 amide bonds. The van der Waals surface area contributed by atoms with Gasteiger partial charge in [0, 0.05) is 12.6 Å². The molecule has 0 aromatic carbocycles. The first-order valence-corrected chi connectivity index (χ1v) is 8.31. The van der Waals surface area contributed by atoms with Gasteiger partial charge < -0.3 is 14.5 Å². The van der Waals surface area contributed by atoms with E-state index in [0.717, 1.165) is 25.9 Å². The number of carbonyl (C=O) groups excluding carboxylic acids is 1. The zero-order chi connectivity index (χ0) is 15.5. The summed E-state index contributed by atoms with van der Waals surface area (Å²) in [6, 6.07) is 1.20. The van der Waals surface area contributed by atoms with Gasteiger partial charge in [0.15, 0.2) is 0 Å². The van der Waals surface area contributed by atoms with Gasteiger partial charge in [-0.1, -0.05) is 0 Å². The zero-order valence-electron chi connectivity index (χ0n) is 12.5. The molecule has 1 fully saturated rings. The van der Waals surface area contributed by atoms with Crippen molar-refractivity contribution in [3.05, 3.63) is 17.6 Å². The maximum atomic E-state index is 12.2. The summed E-state index contributed by atoms with van der Waals surface area (Å²) in [7, 11) is -2.46. The number of ether oxygens (including phenoxy) is 1. The van der Waals surface area contributed by atoms with E-state index in [0.29, 0.717) is 12.5 Å². The van der Waals surface area contributed by atoms with Gasteiger partial charge in [0.25, 0.3) is 0 Å². The lowest BCUT2D eigenvalue weighted by Gasteiger charge is -2.09. The Morgan fingerprint density at radius 1 is 1.55 bits per heavy atom. The summed E-state index contributed by atoms with van der Waals surface area (Å²) in [6.07, 6.45) is 1.85. The largest absolute Gasteiger partial charge is 0.463 e. The molecule has 0 saturated carbocycles. The molecule has 0 aliphatic carbocycles. The summed E-state index contributed by atoms with van der Waals surface area (Å²) in [4.78, 5) is 11.3. The van der Waals surface area contributed by atoms with Crippen LogP contribution in [0.5, 0.6) is 0 Å². The Kier molecular flexibility index (Phi) is 6.86. The molecule has 1 aliphatic rings. The third kappa shape index (κ3) is 4.45. The van der Waals surface area contributed by atoms with Crippen LogP contribution in [-0.4, -0.2) is 41.1 Å². The van der Waals surface area contributed by atoms with Crippen LogP contribution in [0.3, 0.4) is 0 Å². The molecule has 1 saturated heterocycles. The Morgan fingerprint density at radius 3 is 2.86 bits per heavy atom. The average Bonchev–Trinajstić information content (AvgIpc) is 3.07. The number of sulfonamides is 1. The Bertz CT molecular complexity index is 608. The van der Waals surface area contributed by atoms with Crippen LogP contribution in [0.4, 0.5) is 0 Å². The lowest BCUT2D eigenvalue weighted by atomic mass is 10.1. The van der Waals surface area contributed by atoms with E-state index in [9.17, 15) is 13.2 Å². The van der Waals surface area contributed by atoms with Crippen molar-refractivity contribution >= 4 is 28.4 Å². The number of esters is 1. The van der Waals surface area contributed by atoms with Crippen LogP contribution in [-0.2, 0) is 14.8 Å². The monoisotopic (exact) mass is 352 g/mol.